The zero-order chi connectivity index (χ0) is 21.1. The molecule has 1 aliphatic rings. The number of hydrogen-bond donors (Lipinski definition) is 1. The second-order valence-electron chi connectivity index (χ2n) is 8.02. The van der Waals surface area contributed by atoms with E-state index in [1.54, 1.807) is 10.9 Å². The first-order valence-corrected chi connectivity index (χ1v) is 10.7. The number of carbonyl (C=O) groups is 1. The van der Waals surface area contributed by atoms with Crippen LogP contribution in [0.2, 0.25) is 0 Å². The first-order chi connectivity index (χ1) is 14.5. The average Bonchev–Trinajstić information content (AvgIpc) is 3.08. The number of likely N-dealkylation sites (tertiary alicyclic amines) is 1. The van der Waals surface area contributed by atoms with E-state index in [0.29, 0.717) is 12.1 Å². The predicted octanol–water partition coefficient (Wildman–Crippen LogP) is 2.31. The van der Waals surface area contributed by atoms with E-state index in [-0.39, 0.29) is 24.1 Å². The minimum Gasteiger partial charge on any atom is -0.352 e. The van der Waals surface area contributed by atoms with Crippen LogP contribution < -0.4 is 10.9 Å². The Kier molecular flexibility index (Phi) is 5.99. The van der Waals surface area contributed by atoms with Gasteiger partial charge in [0.25, 0.3) is 5.56 Å². The van der Waals surface area contributed by atoms with Crippen molar-refractivity contribution in [1.29, 1.82) is 0 Å². The molecule has 1 N–H and O–H groups in total. The fourth-order valence-corrected chi connectivity index (χ4v) is 4.25. The van der Waals surface area contributed by atoms with Crippen LogP contribution >= 0.6 is 0 Å². The van der Waals surface area contributed by atoms with Crippen molar-refractivity contribution < 1.29 is 4.79 Å². The lowest BCUT2D eigenvalue weighted by Gasteiger charge is -2.32. The molecule has 158 valence electrons. The molecule has 0 saturated carbocycles. The Labute approximate surface area is 176 Å². The highest BCUT2D eigenvalue weighted by Gasteiger charge is 2.21. The molecule has 1 aromatic carbocycles. The number of rotatable bonds is 6. The van der Waals surface area contributed by atoms with Crippen molar-refractivity contribution >= 4 is 16.8 Å². The fourth-order valence-electron chi connectivity index (χ4n) is 4.25. The summed E-state index contributed by atoms with van der Waals surface area (Å²) in [4.78, 5) is 27.9. The third-order valence-electron chi connectivity index (χ3n) is 5.87. The molecule has 0 aliphatic carbocycles. The highest BCUT2D eigenvalue weighted by atomic mass is 16.2. The zero-order valence-electron chi connectivity index (χ0n) is 17.7. The molecule has 0 spiro atoms. The average molecular weight is 408 g/mol. The van der Waals surface area contributed by atoms with E-state index < -0.39 is 0 Å². The molecule has 30 heavy (non-hydrogen) atoms. The van der Waals surface area contributed by atoms with Gasteiger partial charge in [-0.15, -0.1) is 0 Å². The third kappa shape index (κ3) is 4.31. The summed E-state index contributed by atoms with van der Waals surface area (Å²) in [5.41, 5.74) is 2.56. The first-order valence-electron chi connectivity index (χ1n) is 10.7. The van der Waals surface area contributed by atoms with Crippen LogP contribution in [0.15, 0.2) is 47.4 Å². The molecule has 0 unspecified atom stereocenters. The summed E-state index contributed by atoms with van der Waals surface area (Å²) >= 11 is 0. The number of nitrogens with one attached hydrogen (secondary N) is 1. The van der Waals surface area contributed by atoms with Crippen LogP contribution in [-0.2, 0) is 24.4 Å². The summed E-state index contributed by atoms with van der Waals surface area (Å²) in [6.07, 6.45) is 3.55. The molecule has 4 rings (SSSR count). The maximum absolute atomic E-state index is 12.9. The van der Waals surface area contributed by atoms with Gasteiger partial charge >= 0.3 is 0 Å². The van der Waals surface area contributed by atoms with Gasteiger partial charge < -0.3 is 9.88 Å². The van der Waals surface area contributed by atoms with E-state index in [1.165, 1.54) is 10.1 Å². The molecule has 0 atom stereocenters. The normalized spacial score (nSPS) is 15.5. The Morgan fingerprint density at radius 3 is 2.60 bits per heavy atom. The predicted molar refractivity (Wildman–Crippen MR) is 117 cm³/mol. The SMILES string of the molecule is CCn1nc(C)c2ccn(CC(=O)NC3CCN(Cc4ccccc4)CC3)c(=O)c21. The molecular formula is C23H29N5O2. The molecule has 3 aromatic rings. The Morgan fingerprint density at radius 2 is 1.90 bits per heavy atom. The van der Waals surface area contributed by atoms with Gasteiger partial charge in [0, 0.05) is 43.8 Å². The van der Waals surface area contributed by atoms with E-state index in [4.69, 9.17) is 0 Å². The summed E-state index contributed by atoms with van der Waals surface area (Å²) in [6, 6.07) is 12.5. The van der Waals surface area contributed by atoms with Crippen molar-refractivity contribution in [1.82, 2.24) is 24.6 Å². The largest absolute Gasteiger partial charge is 0.352 e. The second-order valence-corrected chi connectivity index (χ2v) is 8.02. The molecule has 1 amide bonds. The highest BCUT2D eigenvalue weighted by molar-refractivity contribution is 5.81. The van der Waals surface area contributed by atoms with Crippen molar-refractivity contribution in [3.63, 3.8) is 0 Å². The lowest BCUT2D eigenvalue weighted by atomic mass is 10.0. The van der Waals surface area contributed by atoms with Crippen LogP contribution in [0, 0.1) is 6.92 Å². The molecule has 2 aromatic heterocycles. The number of hydrogen-bond acceptors (Lipinski definition) is 4. The smallest absolute Gasteiger partial charge is 0.277 e. The lowest BCUT2D eigenvalue weighted by Crippen LogP contribution is -2.45. The number of benzene rings is 1. The van der Waals surface area contributed by atoms with Crippen molar-refractivity contribution in [2.75, 3.05) is 13.1 Å². The zero-order valence-corrected chi connectivity index (χ0v) is 17.7. The van der Waals surface area contributed by atoms with Crippen molar-refractivity contribution in [2.45, 2.75) is 52.4 Å². The standard InChI is InChI=1S/C23H29N5O2/c1-3-28-22-20(17(2)25-28)11-14-27(23(22)30)16-21(29)24-19-9-12-26(13-10-19)15-18-7-5-4-6-8-18/h4-8,11,14,19H,3,9-10,12-13,15-16H2,1-2H3,(H,24,29). The maximum atomic E-state index is 12.9. The van der Waals surface area contributed by atoms with Gasteiger partial charge in [0.05, 0.1) is 5.69 Å². The second kappa shape index (κ2) is 8.83. The van der Waals surface area contributed by atoms with E-state index in [0.717, 1.165) is 43.6 Å². The van der Waals surface area contributed by atoms with Gasteiger partial charge in [0.1, 0.15) is 12.1 Å². The van der Waals surface area contributed by atoms with E-state index >= 15 is 0 Å². The van der Waals surface area contributed by atoms with Gasteiger partial charge in [0.15, 0.2) is 0 Å². The summed E-state index contributed by atoms with van der Waals surface area (Å²) in [5.74, 6) is -0.114. The Balaban J connectivity index is 1.34. The maximum Gasteiger partial charge on any atom is 0.277 e. The van der Waals surface area contributed by atoms with Crippen LogP contribution in [0.5, 0.6) is 0 Å². The molecule has 1 fully saturated rings. The summed E-state index contributed by atoms with van der Waals surface area (Å²) < 4.78 is 3.19. The lowest BCUT2D eigenvalue weighted by molar-refractivity contribution is -0.122. The fraction of sp³-hybridized carbons (Fsp3) is 0.435. The van der Waals surface area contributed by atoms with Crippen LogP contribution in [0.1, 0.15) is 31.0 Å². The number of fused-ring (bicyclic) bond motifs is 1. The quantitative estimate of drug-likeness (QED) is 0.681. The topological polar surface area (TPSA) is 72.2 Å². The summed E-state index contributed by atoms with van der Waals surface area (Å²) in [6.45, 7) is 7.38. The van der Waals surface area contributed by atoms with Crippen LogP contribution in [0.3, 0.4) is 0 Å². The Bertz CT molecular complexity index is 1080. The van der Waals surface area contributed by atoms with Crippen LogP contribution in [-0.4, -0.2) is 44.3 Å². The van der Waals surface area contributed by atoms with E-state index in [9.17, 15) is 9.59 Å². The van der Waals surface area contributed by atoms with Gasteiger partial charge in [-0.1, -0.05) is 30.3 Å². The number of nitrogens with zero attached hydrogens (tertiary/aromatic N) is 4. The summed E-state index contributed by atoms with van der Waals surface area (Å²) in [5, 5.41) is 8.38. The van der Waals surface area contributed by atoms with E-state index in [1.807, 2.05) is 26.0 Å². The number of aryl methyl sites for hydroxylation is 2. The van der Waals surface area contributed by atoms with Gasteiger partial charge in [-0.3, -0.25) is 19.2 Å². The van der Waals surface area contributed by atoms with Crippen molar-refractivity contribution in [2.24, 2.45) is 0 Å². The molecule has 3 heterocycles. The number of amides is 1. The highest BCUT2D eigenvalue weighted by Crippen LogP contribution is 2.15. The van der Waals surface area contributed by atoms with Crippen LogP contribution in [0.25, 0.3) is 10.9 Å². The van der Waals surface area contributed by atoms with Crippen molar-refractivity contribution in [3.8, 4) is 0 Å². The van der Waals surface area contributed by atoms with Gasteiger partial charge in [0.2, 0.25) is 5.91 Å². The number of carbonyl (C=O) groups excluding carboxylic acids is 1. The molecule has 0 bridgehead atoms. The van der Waals surface area contributed by atoms with Crippen molar-refractivity contribution in [3.05, 3.63) is 64.2 Å². The van der Waals surface area contributed by atoms with Gasteiger partial charge in [-0.2, -0.15) is 5.10 Å². The monoisotopic (exact) mass is 407 g/mol. The van der Waals surface area contributed by atoms with Gasteiger partial charge in [-0.05, 0) is 38.3 Å². The third-order valence-corrected chi connectivity index (χ3v) is 5.87. The number of piperidine rings is 1. The molecule has 0 radical (unpaired) electrons. The molecular weight excluding hydrogens is 378 g/mol. The van der Waals surface area contributed by atoms with Gasteiger partial charge in [-0.25, -0.2) is 0 Å². The Morgan fingerprint density at radius 1 is 1.17 bits per heavy atom. The Hall–Kier alpha value is -2.93. The van der Waals surface area contributed by atoms with E-state index in [2.05, 4.69) is 39.6 Å². The van der Waals surface area contributed by atoms with Crippen LogP contribution in [0.4, 0.5) is 0 Å². The number of pyridine rings is 1. The molecule has 7 nitrogen and oxygen atoms in total. The molecule has 1 aliphatic heterocycles. The summed E-state index contributed by atoms with van der Waals surface area (Å²) in [7, 11) is 0. The number of aromatic nitrogens is 3. The minimum atomic E-state index is -0.164. The molecule has 1 saturated heterocycles. The minimum absolute atomic E-state index is 0.0347. The first kappa shape index (κ1) is 20.3. The molecule has 7 heteroatoms.